The minimum Gasteiger partial charge on any atom is -0.480 e. The molecule has 2 N–H and O–H groups in total. The van der Waals surface area contributed by atoms with E-state index in [1.54, 1.807) is 0 Å². The van der Waals surface area contributed by atoms with Crippen LogP contribution in [0.5, 0.6) is 0 Å². The molecule has 0 fully saturated rings. The van der Waals surface area contributed by atoms with Gasteiger partial charge in [-0.25, -0.2) is 16.8 Å². The van der Waals surface area contributed by atoms with E-state index in [1.807, 2.05) is 4.72 Å². The summed E-state index contributed by atoms with van der Waals surface area (Å²) < 4.78 is 46.7. The molecule has 1 unspecified atom stereocenters. The first-order valence-electron chi connectivity index (χ1n) is 4.84. The van der Waals surface area contributed by atoms with Gasteiger partial charge in [-0.3, -0.25) is 4.79 Å². The van der Waals surface area contributed by atoms with E-state index >= 15 is 0 Å². The molecule has 0 heterocycles. The Balaban J connectivity index is 4.82. The van der Waals surface area contributed by atoms with Crippen molar-refractivity contribution in [3.63, 3.8) is 0 Å². The predicted octanol–water partition coefficient (Wildman–Crippen LogP) is -0.796. The largest absolute Gasteiger partial charge is 0.480 e. The van der Waals surface area contributed by atoms with Gasteiger partial charge in [-0.05, 0) is 13.3 Å². The molecule has 0 spiro atoms. The Kier molecular flexibility index (Phi) is 5.11. The summed E-state index contributed by atoms with van der Waals surface area (Å²) in [7, 11) is -7.35. The highest BCUT2D eigenvalue weighted by molar-refractivity contribution is 7.93. The van der Waals surface area contributed by atoms with Crippen LogP contribution in [0.25, 0.3) is 0 Å². The van der Waals surface area contributed by atoms with E-state index < -0.39 is 42.9 Å². The first-order valence-corrected chi connectivity index (χ1v) is 8.56. The Bertz CT molecular complexity index is 480. The molecule has 7 nitrogen and oxygen atoms in total. The van der Waals surface area contributed by atoms with Gasteiger partial charge in [0, 0.05) is 6.26 Å². The van der Waals surface area contributed by atoms with Crippen LogP contribution in [-0.2, 0) is 24.7 Å². The molecule has 0 amide bonds. The number of hydrogen-bond acceptors (Lipinski definition) is 5. The zero-order valence-electron chi connectivity index (χ0n) is 9.93. The molecule has 0 saturated carbocycles. The Morgan fingerprint density at radius 3 is 2.00 bits per heavy atom. The van der Waals surface area contributed by atoms with E-state index in [4.69, 9.17) is 5.11 Å². The summed E-state index contributed by atoms with van der Waals surface area (Å²) in [5, 5.41) is 8.88. The normalized spacial score (nSPS) is 16.4. The van der Waals surface area contributed by atoms with Gasteiger partial charge in [0.05, 0.1) is 11.5 Å². The summed E-state index contributed by atoms with van der Waals surface area (Å²) in [6.45, 7) is 2.75. The van der Waals surface area contributed by atoms with Crippen LogP contribution in [0.15, 0.2) is 0 Å². The van der Waals surface area contributed by atoms with Crippen LogP contribution < -0.4 is 4.72 Å². The fourth-order valence-corrected chi connectivity index (χ4v) is 4.03. The molecule has 9 heteroatoms. The molecule has 0 radical (unpaired) electrons. The maximum atomic E-state index is 11.5. The first-order chi connectivity index (χ1) is 7.42. The summed E-state index contributed by atoms with van der Waals surface area (Å²) in [5.74, 6) is -2.49. The van der Waals surface area contributed by atoms with Gasteiger partial charge in [0.1, 0.15) is 15.4 Å². The highest BCUT2D eigenvalue weighted by Gasteiger charge is 2.35. The number of nitrogens with one attached hydrogen (secondary N) is 1. The predicted molar refractivity (Wildman–Crippen MR) is 63.0 cm³/mol. The van der Waals surface area contributed by atoms with Gasteiger partial charge in [0.25, 0.3) is 0 Å². The number of aliphatic carboxylic acids is 1. The second-order valence-corrected chi connectivity index (χ2v) is 8.14. The van der Waals surface area contributed by atoms with Gasteiger partial charge in [0.15, 0.2) is 0 Å². The van der Waals surface area contributed by atoms with E-state index in [2.05, 4.69) is 0 Å². The molecule has 0 aromatic heterocycles. The van der Waals surface area contributed by atoms with Crippen molar-refractivity contribution >= 4 is 25.8 Å². The van der Waals surface area contributed by atoms with Gasteiger partial charge >= 0.3 is 5.97 Å². The zero-order chi connectivity index (χ0) is 13.9. The lowest BCUT2D eigenvalue weighted by Crippen LogP contribution is -2.52. The van der Waals surface area contributed by atoms with Crippen LogP contribution in [0.4, 0.5) is 0 Å². The van der Waals surface area contributed by atoms with Crippen molar-refractivity contribution in [2.75, 3.05) is 17.8 Å². The van der Waals surface area contributed by atoms with Crippen molar-refractivity contribution in [3.05, 3.63) is 0 Å². The van der Waals surface area contributed by atoms with Gasteiger partial charge < -0.3 is 5.11 Å². The van der Waals surface area contributed by atoms with Crippen molar-refractivity contribution in [1.82, 2.24) is 4.72 Å². The Morgan fingerprint density at radius 1 is 1.24 bits per heavy atom. The number of sulfonamides is 1. The highest BCUT2D eigenvalue weighted by atomic mass is 32.2. The summed E-state index contributed by atoms with van der Waals surface area (Å²) in [5.41, 5.74) is -1.61. The number of carbonyl (C=O) groups is 1. The Labute approximate surface area is 101 Å². The third kappa shape index (κ3) is 5.99. The average Bonchev–Trinajstić information content (AvgIpc) is 2.13. The molecule has 0 bridgehead atoms. The zero-order valence-corrected chi connectivity index (χ0v) is 11.6. The van der Waals surface area contributed by atoms with E-state index in [0.29, 0.717) is 0 Å². The molecule has 17 heavy (non-hydrogen) atoms. The van der Waals surface area contributed by atoms with Gasteiger partial charge in [-0.1, -0.05) is 6.92 Å². The fraction of sp³-hybridized carbons (Fsp3) is 0.875. The highest BCUT2D eigenvalue weighted by Crippen LogP contribution is 2.11. The Hall–Kier alpha value is -0.670. The number of carboxylic acids is 1. The lowest BCUT2D eigenvalue weighted by Gasteiger charge is -2.24. The van der Waals surface area contributed by atoms with Crippen molar-refractivity contribution in [3.8, 4) is 0 Å². The maximum absolute atomic E-state index is 11.5. The second kappa shape index (κ2) is 5.32. The van der Waals surface area contributed by atoms with Gasteiger partial charge in [-0.15, -0.1) is 0 Å². The van der Waals surface area contributed by atoms with Crippen molar-refractivity contribution in [2.24, 2.45) is 0 Å². The summed E-state index contributed by atoms with van der Waals surface area (Å²) in [6, 6.07) is 0. The monoisotopic (exact) mass is 287 g/mol. The summed E-state index contributed by atoms with van der Waals surface area (Å²) >= 11 is 0. The maximum Gasteiger partial charge on any atom is 0.324 e. The van der Waals surface area contributed by atoms with Crippen LogP contribution in [0.2, 0.25) is 0 Å². The smallest absolute Gasteiger partial charge is 0.324 e. The standard InChI is InChI=1S/C8H17NO6S2/c1-4-8(2,7(10)11)9-17(14,15)6-5-16(3,12)13/h9H,4-6H2,1-3H3,(H,10,11). The molecular weight excluding hydrogens is 270 g/mol. The van der Waals surface area contributed by atoms with Crippen molar-refractivity contribution < 1.29 is 26.7 Å². The lowest BCUT2D eigenvalue weighted by atomic mass is 10.0. The van der Waals surface area contributed by atoms with Gasteiger partial charge in [-0.2, -0.15) is 4.72 Å². The van der Waals surface area contributed by atoms with Crippen molar-refractivity contribution in [2.45, 2.75) is 25.8 Å². The number of hydrogen-bond donors (Lipinski definition) is 2. The van der Waals surface area contributed by atoms with E-state index in [-0.39, 0.29) is 6.42 Å². The third-order valence-electron chi connectivity index (χ3n) is 2.28. The van der Waals surface area contributed by atoms with Crippen LogP contribution in [0.3, 0.4) is 0 Å². The SMILES string of the molecule is CCC(C)(NS(=O)(=O)CCS(C)(=O)=O)C(=O)O. The van der Waals surface area contributed by atoms with Crippen LogP contribution in [0, 0.1) is 0 Å². The molecule has 0 aromatic carbocycles. The minimum atomic E-state index is -3.94. The second-order valence-electron chi connectivity index (χ2n) is 4.04. The molecule has 0 aliphatic heterocycles. The molecular formula is C8H17NO6S2. The van der Waals surface area contributed by atoms with Crippen LogP contribution in [0.1, 0.15) is 20.3 Å². The first kappa shape index (κ1) is 16.3. The summed E-state index contributed by atoms with van der Waals surface area (Å²) in [4.78, 5) is 10.9. The van der Waals surface area contributed by atoms with E-state index in [0.717, 1.165) is 6.26 Å². The van der Waals surface area contributed by atoms with Gasteiger partial charge in [0.2, 0.25) is 10.0 Å². The number of rotatable bonds is 7. The summed E-state index contributed by atoms with van der Waals surface area (Å²) in [6.07, 6.45) is 0.971. The average molecular weight is 287 g/mol. The molecule has 0 aromatic rings. The quantitative estimate of drug-likeness (QED) is 0.633. The fourth-order valence-electron chi connectivity index (χ4n) is 0.922. The topological polar surface area (TPSA) is 118 Å². The van der Waals surface area contributed by atoms with E-state index in [9.17, 15) is 21.6 Å². The van der Waals surface area contributed by atoms with Crippen molar-refractivity contribution in [1.29, 1.82) is 0 Å². The lowest BCUT2D eigenvalue weighted by molar-refractivity contribution is -0.143. The van der Waals surface area contributed by atoms with E-state index in [1.165, 1.54) is 13.8 Å². The number of sulfone groups is 1. The molecule has 102 valence electrons. The third-order valence-corrected chi connectivity index (χ3v) is 4.99. The molecule has 0 saturated heterocycles. The molecule has 1 atom stereocenters. The minimum absolute atomic E-state index is 0.0560. The Morgan fingerprint density at radius 2 is 1.71 bits per heavy atom. The van der Waals surface area contributed by atoms with Crippen LogP contribution >= 0.6 is 0 Å². The molecule has 0 aliphatic carbocycles. The molecule has 0 rings (SSSR count). The molecule has 0 aliphatic rings. The van der Waals surface area contributed by atoms with Crippen LogP contribution in [-0.4, -0.2) is 51.2 Å². The number of carboxylic acid groups (broad SMARTS) is 1.